The van der Waals surface area contributed by atoms with Crippen molar-refractivity contribution in [3.8, 4) is 0 Å². The van der Waals surface area contributed by atoms with Crippen molar-refractivity contribution < 1.29 is 0 Å². The van der Waals surface area contributed by atoms with Gasteiger partial charge in [-0.3, -0.25) is 4.99 Å². The number of aliphatic imine (C=N–C) groups is 1. The average molecular weight is 343 g/mol. The minimum absolute atomic E-state index is 0.600. The molecule has 0 aliphatic heterocycles. The SMILES string of the molecule is ClCCC(=NCc1ccccc1)c1cc(Br)cs1. The second-order valence-corrected chi connectivity index (χ2v) is 6.02. The number of thiophene rings is 1. The number of alkyl halides is 1. The van der Waals surface area contributed by atoms with Gasteiger partial charge in [0.15, 0.2) is 0 Å². The van der Waals surface area contributed by atoms with E-state index >= 15 is 0 Å². The second kappa shape index (κ2) is 7.07. The van der Waals surface area contributed by atoms with E-state index in [4.69, 9.17) is 11.6 Å². The molecule has 0 aliphatic carbocycles. The van der Waals surface area contributed by atoms with Gasteiger partial charge in [-0.15, -0.1) is 22.9 Å². The highest BCUT2D eigenvalue weighted by atomic mass is 79.9. The monoisotopic (exact) mass is 341 g/mol. The summed E-state index contributed by atoms with van der Waals surface area (Å²) in [5, 5.41) is 2.07. The number of rotatable bonds is 5. The van der Waals surface area contributed by atoms with Crippen LogP contribution in [0.1, 0.15) is 16.9 Å². The Morgan fingerprint density at radius 3 is 2.67 bits per heavy atom. The van der Waals surface area contributed by atoms with Crippen LogP contribution >= 0.6 is 38.9 Å². The summed E-state index contributed by atoms with van der Waals surface area (Å²) in [6.07, 6.45) is 0.807. The average Bonchev–Trinajstić information content (AvgIpc) is 2.82. The normalized spacial score (nSPS) is 11.8. The molecule has 1 aromatic carbocycles. The molecule has 0 N–H and O–H groups in total. The summed E-state index contributed by atoms with van der Waals surface area (Å²) in [5.74, 6) is 0.600. The summed E-state index contributed by atoms with van der Waals surface area (Å²) in [5.41, 5.74) is 2.31. The molecule has 2 rings (SSSR count). The van der Waals surface area contributed by atoms with Crippen molar-refractivity contribution >= 4 is 44.6 Å². The van der Waals surface area contributed by atoms with Crippen LogP contribution in [-0.2, 0) is 6.54 Å². The first kappa shape index (κ1) is 13.8. The molecule has 2 aromatic rings. The van der Waals surface area contributed by atoms with Gasteiger partial charge in [0.1, 0.15) is 0 Å². The number of benzene rings is 1. The van der Waals surface area contributed by atoms with Gasteiger partial charge in [-0.2, -0.15) is 0 Å². The van der Waals surface area contributed by atoms with E-state index in [2.05, 4.69) is 44.5 Å². The number of halogens is 2. The van der Waals surface area contributed by atoms with Gasteiger partial charge in [0.2, 0.25) is 0 Å². The fraction of sp³-hybridized carbons (Fsp3) is 0.214. The van der Waals surface area contributed by atoms with Crippen molar-refractivity contribution in [1.29, 1.82) is 0 Å². The molecular formula is C14H13BrClNS. The first-order chi connectivity index (χ1) is 8.79. The van der Waals surface area contributed by atoms with Crippen LogP contribution in [0.3, 0.4) is 0 Å². The minimum atomic E-state index is 0.600. The van der Waals surface area contributed by atoms with Gasteiger partial charge >= 0.3 is 0 Å². The molecule has 0 amide bonds. The first-order valence-electron chi connectivity index (χ1n) is 5.67. The van der Waals surface area contributed by atoms with Gasteiger partial charge in [-0.25, -0.2) is 0 Å². The predicted molar refractivity (Wildman–Crippen MR) is 84.0 cm³/mol. The lowest BCUT2D eigenvalue weighted by Gasteiger charge is -2.02. The largest absolute Gasteiger partial charge is 0.284 e. The topological polar surface area (TPSA) is 12.4 Å². The van der Waals surface area contributed by atoms with Gasteiger partial charge in [0.05, 0.1) is 12.3 Å². The van der Waals surface area contributed by atoms with Crippen LogP contribution in [0, 0.1) is 0 Å². The molecule has 4 heteroatoms. The third-order valence-electron chi connectivity index (χ3n) is 2.48. The van der Waals surface area contributed by atoms with E-state index in [9.17, 15) is 0 Å². The standard InChI is InChI=1S/C14H13BrClNS/c15-12-8-14(18-10-12)13(6-7-16)17-9-11-4-2-1-3-5-11/h1-5,8,10H,6-7,9H2. The lowest BCUT2D eigenvalue weighted by molar-refractivity contribution is 1.05. The Kier molecular flexibility index (Phi) is 5.42. The Balaban J connectivity index is 2.15. The van der Waals surface area contributed by atoms with E-state index < -0.39 is 0 Å². The van der Waals surface area contributed by atoms with E-state index in [0.29, 0.717) is 12.4 Å². The first-order valence-corrected chi connectivity index (χ1v) is 7.88. The zero-order valence-corrected chi connectivity index (χ0v) is 12.9. The van der Waals surface area contributed by atoms with Crippen molar-refractivity contribution in [2.45, 2.75) is 13.0 Å². The van der Waals surface area contributed by atoms with E-state index in [-0.39, 0.29) is 0 Å². The van der Waals surface area contributed by atoms with Crippen LogP contribution in [-0.4, -0.2) is 11.6 Å². The fourth-order valence-electron chi connectivity index (χ4n) is 1.60. The van der Waals surface area contributed by atoms with Crippen molar-refractivity contribution in [2.24, 2.45) is 4.99 Å². The number of nitrogens with zero attached hydrogens (tertiary/aromatic N) is 1. The molecular weight excluding hydrogens is 330 g/mol. The highest BCUT2D eigenvalue weighted by molar-refractivity contribution is 9.10. The van der Waals surface area contributed by atoms with Crippen molar-refractivity contribution in [3.05, 3.63) is 56.7 Å². The van der Waals surface area contributed by atoms with E-state index in [1.807, 2.05) is 18.2 Å². The van der Waals surface area contributed by atoms with Crippen LogP contribution in [0.2, 0.25) is 0 Å². The summed E-state index contributed by atoms with van der Waals surface area (Å²) in [7, 11) is 0. The maximum atomic E-state index is 5.85. The van der Waals surface area contributed by atoms with E-state index in [1.165, 1.54) is 10.4 Å². The molecule has 1 nitrogen and oxygen atoms in total. The maximum Gasteiger partial charge on any atom is 0.0643 e. The summed E-state index contributed by atoms with van der Waals surface area (Å²) >= 11 is 11.0. The molecule has 0 fully saturated rings. The van der Waals surface area contributed by atoms with Crippen LogP contribution < -0.4 is 0 Å². The van der Waals surface area contributed by atoms with Crippen LogP contribution in [0.25, 0.3) is 0 Å². The molecule has 0 bridgehead atoms. The Bertz CT molecular complexity index is 522. The molecule has 0 aliphatic rings. The van der Waals surface area contributed by atoms with Gasteiger partial charge in [-0.1, -0.05) is 30.3 Å². The minimum Gasteiger partial charge on any atom is -0.284 e. The molecule has 1 aromatic heterocycles. The van der Waals surface area contributed by atoms with Crippen LogP contribution in [0.5, 0.6) is 0 Å². The molecule has 1 heterocycles. The molecule has 0 spiro atoms. The molecule has 0 saturated heterocycles. The van der Waals surface area contributed by atoms with Crippen LogP contribution in [0.4, 0.5) is 0 Å². The second-order valence-electron chi connectivity index (χ2n) is 3.82. The van der Waals surface area contributed by atoms with Gasteiger partial charge in [-0.05, 0) is 27.6 Å². The summed E-state index contributed by atoms with van der Waals surface area (Å²) < 4.78 is 1.10. The summed E-state index contributed by atoms with van der Waals surface area (Å²) in [6, 6.07) is 12.4. The summed E-state index contributed by atoms with van der Waals surface area (Å²) in [6.45, 7) is 0.711. The fourth-order valence-corrected chi connectivity index (χ4v) is 3.25. The molecule has 94 valence electrons. The van der Waals surface area contributed by atoms with E-state index in [0.717, 1.165) is 16.6 Å². The molecule has 0 saturated carbocycles. The Hall–Kier alpha value is -0.640. The van der Waals surface area contributed by atoms with Gasteiger partial charge in [0.25, 0.3) is 0 Å². The predicted octanol–water partition coefficient (Wildman–Crippen LogP) is 5.13. The molecule has 0 radical (unpaired) electrons. The Labute approximate surface area is 125 Å². The highest BCUT2D eigenvalue weighted by Crippen LogP contribution is 2.22. The zero-order chi connectivity index (χ0) is 12.8. The smallest absolute Gasteiger partial charge is 0.0643 e. The maximum absolute atomic E-state index is 5.85. The van der Waals surface area contributed by atoms with Crippen LogP contribution in [0.15, 0.2) is 51.2 Å². The van der Waals surface area contributed by atoms with Crippen molar-refractivity contribution in [2.75, 3.05) is 5.88 Å². The van der Waals surface area contributed by atoms with Gasteiger partial charge < -0.3 is 0 Å². The molecule has 18 heavy (non-hydrogen) atoms. The van der Waals surface area contributed by atoms with Crippen molar-refractivity contribution in [1.82, 2.24) is 0 Å². The highest BCUT2D eigenvalue weighted by Gasteiger charge is 2.06. The third kappa shape index (κ3) is 3.94. The number of hydrogen-bond acceptors (Lipinski definition) is 2. The summed E-state index contributed by atoms with van der Waals surface area (Å²) in [4.78, 5) is 5.88. The number of hydrogen-bond donors (Lipinski definition) is 0. The van der Waals surface area contributed by atoms with Gasteiger partial charge in [0, 0.05) is 27.0 Å². The lowest BCUT2D eigenvalue weighted by Crippen LogP contribution is -2.00. The third-order valence-corrected chi connectivity index (χ3v) is 4.41. The lowest BCUT2D eigenvalue weighted by atomic mass is 10.2. The molecule has 0 atom stereocenters. The quantitative estimate of drug-likeness (QED) is 0.527. The van der Waals surface area contributed by atoms with Crippen molar-refractivity contribution in [3.63, 3.8) is 0 Å². The van der Waals surface area contributed by atoms with E-state index in [1.54, 1.807) is 11.3 Å². The zero-order valence-electron chi connectivity index (χ0n) is 9.77. The Morgan fingerprint density at radius 1 is 1.28 bits per heavy atom. The Morgan fingerprint density at radius 2 is 2.06 bits per heavy atom. The molecule has 0 unspecified atom stereocenters.